The minimum Gasteiger partial charge on any atom is -0.307 e. The average Bonchev–Trinajstić information content (AvgIpc) is 2.88. The largest absolute Gasteiger partial charge is 0.307 e. The molecule has 0 amide bonds. The van der Waals surface area contributed by atoms with Crippen LogP contribution in [0, 0.1) is 0 Å². The Labute approximate surface area is 113 Å². The van der Waals surface area contributed by atoms with E-state index in [4.69, 9.17) is 0 Å². The van der Waals surface area contributed by atoms with Crippen molar-refractivity contribution in [3.05, 3.63) is 58.3 Å². The van der Waals surface area contributed by atoms with Gasteiger partial charge in [-0.15, -0.1) is 11.3 Å². The fourth-order valence-corrected chi connectivity index (χ4v) is 3.47. The lowest BCUT2D eigenvalue weighted by Gasteiger charge is -2.38. The van der Waals surface area contributed by atoms with Crippen molar-refractivity contribution in [3.63, 3.8) is 0 Å². The van der Waals surface area contributed by atoms with Crippen molar-refractivity contribution in [2.75, 3.05) is 0 Å². The van der Waals surface area contributed by atoms with Crippen LogP contribution >= 0.6 is 11.3 Å². The molecule has 1 N–H and O–H groups in total. The lowest BCUT2D eigenvalue weighted by Crippen LogP contribution is -2.41. The Morgan fingerprint density at radius 3 is 2.56 bits per heavy atom. The first kappa shape index (κ1) is 11.9. The Balaban J connectivity index is 1.51. The lowest BCUT2D eigenvalue weighted by atomic mass is 9.75. The van der Waals surface area contributed by atoms with Gasteiger partial charge in [-0.2, -0.15) is 0 Å². The van der Waals surface area contributed by atoms with Gasteiger partial charge in [0.25, 0.3) is 0 Å². The predicted octanol–water partition coefficient (Wildman–Crippen LogP) is 4.34. The Morgan fingerprint density at radius 2 is 1.89 bits per heavy atom. The third kappa shape index (κ3) is 2.50. The number of hydrogen-bond acceptors (Lipinski definition) is 2. The number of thiophene rings is 1. The van der Waals surface area contributed by atoms with Gasteiger partial charge < -0.3 is 5.32 Å². The van der Waals surface area contributed by atoms with E-state index in [9.17, 15) is 0 Å². The van der Waals surface area contributed by atoms with Crippen LogP contribution < -0.4 is 5.32 Å². The molecule has 18 heavy (non-hydrogen) atoms. The zero-order valence-electron chi connectivity index (χ0n) is 10.7. The molecule has 1 aliphatic rings. The average molecular weight is 257 g/mol. The maximum absolute atomic E-state index is 3.73. The molecule has 1 unspecified atom stereocenters. The van der Waals surface area contributed by atoms with E-state index in [0.717, 1.165) is 5.92 Å². The summed E-state index contributed by atoms with van der Waals surface area (Å²) >= 11 is 1.84. The molecule has 3 rings (SSSR count). The molecule has 1 aromatic carbocycles. The van der Waals surface area contributed by atoms with E-state index in [0.29, 0.717) is 12.1 Å². The first-order chi connectivity index (χ1) is 8.83. The van der Waals surface area contributed by atoms with Crippen LogP contribution in [0.25, 0.3) is 0 Å². The molecular formula is C16H19NS. The normalized spacial score (nSPS) is 24.5. The summed E-state index contributed by atoms with van der Waals surface area (Å²) in [5.74, 6) is 0.763. The monoisotopic (exact) mass is 257 g/mol. The van der Waals surface area contributed by atoms with Crippen LogP contribution in [0.4, 0.5) is 0 Å². The number of hydrogen-bond donors (Lipinski definition) is 1. The van der Waals surface area contributed by atoms with E-state index in [1.807, 2.05) is 11.3 Å². The summed E-state index contributed by atoms with van der Waals surface area (Å²) in [5, 5.41) is 5.88. The van der Waals surface area contributed by atoms with Gasteiger partial charge in [0.1, 0.15) is 0 Å². The Hall–Kier alpha value is -1.12. The van der Waals surface area contributed by atoms with Gasteiger partial charge in [0.05, 0.1) is 0 Å². The molecule has 1 fully saturated rings. The molecule has 0 bridgehead atoms. The van der Waals surface area contributed by atoms with Crippen LogP contribution in [0.3, 0.4) is 0 Å². The van der Waals surface area contributed by atoms with E-state index in [1.54, 1.807) is 0 Å². The van der Waals surface area contributed by atoms with Gasteiger partial charge in [-0.1, -0.05) is 36.4 Å². The van der Waals surface area contributed by atoms with Crippen LogP contribution in [0.5, 0.6) is 0 Å². The quantitative estimate of drug-likeness (QED) is 0.859. The third-order valence-electron chi connectivity index (χ3n) is 3.86. The molecule has 1 saturated carbocycles. The van der Waals surface area contributed by atoms with Gasteiger partial charge >= 0.3 is 0 Å². The molecule has 1 atom stereocenters. The first-order valence-electron chi connectivity index (χ1n) is 6.67. The number of benzene rings is 1. The topological polar surface area (TPSA) is 12.0 Å². The van der Waals surface area contributed by atoms with Crippen LogP contribution in [0.2, 0.25) is 0 Å². The molecular weight excluding hydrogens is 238 g/mol. The van der Waals surface area contributed by atoms with Gasteiger partial charge in [-0.25, -0.2) is 0 Å². The summed E-state index contributed by atoms with van der Waals surface area (Å²) in [7, 11) is 0. The Morgan fingerprint density at radius 1 is 1.11 bits per heavy atom. The molecule has 2 aromatic rings. The van der Waals surface area contributed by atoms with Crippen molar-refractivity contribution in [3.8, 4) is 0 Å². The van der Waals surface area contributed by atoms with Crippen molar-refractivity contribution < 1.29 is 0 Å². The van der Waals surface area contributed by atoms with E-state index in [1.165, 1.54) is 23.3 Å². The van der Waals surface area contributed by atoms with Crippen molar-refractivity contribution >= 4 is 11.3 Å². The molecule has 0 saturated heterocycles. The molecule has 1 heterocycles. The summed E-state index contributed by atoms with van der Waals surface area (Å²) in [6, 6.07) is 16.4. The van der Waals surface area contributed by atoms with Crippen molar-refractivity contribution in [2.45, 2.75) is 37.8 Å². The minimum absolute atomic E-state index is 0.492. The van der Waals surface area contributed by atoms with Gasteiger partial charge in [-0.3, -0.25) is 0 Å². The zero-order valence-corrected chi connectivity index (χ0v) is 11.5. The zero-order chi connectivity index (χ0) is 12.4. The Kier molecular flexibility index (Phi) is 3.48. The molecule has 94 valence electrons. The van der Waals surface area contributed by atoms with Gasteiger partial charge in [0.2, 0.25) is 0 Å². The molecule has 1 aliphatic carbocycles. The SMILES string of the molecule is CC(NC1CC(c2ccccc2)C1)c1cccs1. The summed E-state index contributed by atoms with van der Waals surface area (Å²) < 4.78 is 0. The van der Waals surface area contributed by atoms with E-state index >= 15 is 0 Å². The summed E-state index contributed by atoms with van der Waals surface area (Å²) in [4.78, 5) is 1.44. The fraction of sp³-hybridized carbons (Fsp3) is 0.375. The van der Waals surface area contributed by atoms with Gasteiger partial charge in [0.15, 0.2) is 0 Å². The van der Waals surface area contributed by atoms with Crippen molar-refractivity contribution in [2.24, 2.45) is 0 Å². The van der Waals surface area contributed by atoms with Crippen molar-refractivity contribution in [1.82, 2.24) is 5.32 Å². The van der Waals surface area contributed by atoms with E-state index in [2.05, 4.69) is 60.1 Å². The molecule has 0 spiro atoms. The van der Waals surface area contributed by atoms with Gasteiger partial charge in [-0.05, 0) is 42.7 Å². The van der Waals surface area contributed by atoms with Crippen LogP contribution in [-0.4, -0.2) is 6.04 Å². The highest BCUT2D eigenvalue weighted by Crippen LogP contribution is 2.37. The fourth-order valence-electron chi connectivity index (χ4n) is 2.72. The number of nitrogens with one attached hydrogen (secondary N) is 1. The van der Waals surface area contributed by atoms with Crippen LogP contribution in [0.1, 0.15) is 42.2 Å². The molecule has 1 aromatic heterocycles. The highest BCUT2D eigenvalue weighted by molar-refractivity contribution is 7.10. The van der Waals surface area contributed by atoms with Gasteiger partial charge in [0, 0.05) is 17.0 Å². The minimum atomic E-state index is 0.492. The van der Waals surface area contributed by atoms with E-state index < -0.39 is 0 Å². The third-order valence-corrected chi connectivity index (χ3v) is 4.92. The maximum atomic E-state index is 3.73. The van der Waals surface area contributed by atoms with Crippen LogP contribution in [0.15, 0.2) is 47.8 Å². The summed E-state index contributed by atoms with van der Waals surface area (Å²) in [5.41, 5.74) is 1.50. The lowest BCUT2D eigenvalue weighted by molar-refractivity contribution is 0.272. The molecule has 1 nitrogen and oxygen atoms in total. The smallest absolute Gasteiger partial charge is 0.0388 e. The highest BCUT2D eigenvalue weighted by Gasteiger charge is 2.30. The molecule has 2 heteroatoms. The molecule has 0 aliphatic heterocycles. The standard InChI is InChI=1S/C16H19NS/c1-12(16-8-5-9-18-16)17-15-10-14(11-15)13-6-3-2-4-7-13/h2-9,12,14-15,17H,10-11H2,1H3. The second-order valence-corrected chi connectivity index (χ2v) is 6.16. The van der Waals surface area contributed by atoms with E-state index in [-0.39, 0.29) is 0 Å². The molecule has 0 radical (unpaired) electrons. The second kappa shape index (κ2) is 5.25. The Bertz CT molecular complexity index is 471. The number of rotatable bonds is 4. The summed E-state index contributed by atoms with van der Waals surface area (Å²) in [6.07, 6.45) is 2.56. The van der Waals surface area contributed by atoms with Crippen molar-refractivity contribution in [1.29, 1.82) is 0 Å². The summed E-state index contributed by atoms with van der Waals surface area (Å²) in [6.45, 7) is 2.27. The predicted molar refractivity (Wildman–Crippen MR) is 78.1 cm³/mol. The highest BCUT2D eigenvalue weighted by atomic mass is 32.1. The second-order valence-electron chi connectivity index (χ2n) is 5.18. The first-order valence-corrected chi connectivity index (χ1v) is 7.55. The maximum Gasteiger partial charge on any atom is 0.0388 e. The van der Waals surface area contributed by atoms with Crippen LogP contribution in [-0.2, 0) is 0 Å².